The lowest BCUT2D eigenvalue weighted by Gasteiger charge is -2.30. The summed E-state index contributed by atoms with van der Waals surface area (Å²) in [7, 11) is 0. The third-order valence-corrected chi connectivity index (χ3v) is 6.26. The van der Waals surface area contributed by atoms with Gasteiger partial charge < -0.3 is 25.6 Å². The Balaban J connectivity index is 1.21. The van der Waals surface area contributed by atoms with E-state index in [1.807, 2.05) is 30.3 Å². The first-order valence-corrected chi connectivity index (χ1v) is 11.4. The zero-order chi connectivity index (χ0) is 22.3. The Morgan fingerprint density at radius 1 is 1.16 bits per heavy atom. The molecule has 1 saturated heterocycles. The van der Waals surface area contributed by atoms with Crippen LogP contribution in [0.25, 0.3) is 0 Å². The van der Waals surface area contributed by atoms with Crippen molar-refractivity contribution in [2.75, 3.05) is 39.3 Å². The predicted molar refractivity (Wildman–Crippen MR) is 123 cm³/mol. The molecule has 0 aromatic heterocycles. The summed E-state index contributed by atoms with van der Waals surface area (Å²) >= 11 is 0. The number of hydrogen-bond acceptors (Lipinski definition) is 6. The lowest BCUT2D eigenvalue weighted by molar-refractivity contribution is -0.123. The Morgan fingerprint density at radius 2 is 1.94 bits per heavy atom. The smallest absolute Gasteiger partial charge is 0.258 e. The Labute approximate surface area is 189 Å². The molecule has 7 nitrogen and oxygen atoms in total. The lowest BCUT2D eigenvalue weighted by atomic mass is 9.90. The van der Waals surface area contributed by atoms with Gasteiger partial charge in [-0.3, -0.25) is 9.69 Å². The summed E-state index contributed by atoms with van der Waals surface area (Å²) in [5.41, 5.74) is 3.68. The number of carbonyl (C=O) groups is 1. The Bertz CT molecular complexity index is 906. The quantitative estimate of drug-likeness (QED) is 0.491. The molecule has 32 heavy (non-hydrogen) atoms. The van der Waals surface area contributed by atoms with Gasteiger partial charge in [0.25, 0.3) is 5.91 Å². The Hall–Kier alpha value is -2.45. The molecule has 0 spiro atoms. The van der Waals surface area contributed by atoms with E-state index in [1.54, 1.807) is 0 Å². The van der Waals surface area contributed by atoms with Crippen molar-refractivity contribution >= 4 is 5.91 Å². The van der Waals surface area contributed by atoms with Gasteiger partial charge in [-0.05, 0) is 35.6 Å². The molecular weight excluding hydrogens is 406 g/mol. The van der Waals surface area contributed by atoms with E-state index in [4.69, 9.17) is 4.74 Å². The van der Waals surface area contributed by atoms with E-state index in [2.05, 4.69) is 33.7 Å². The molecule has 3 atom stereocenters. The van der Waals surface area contributed by atoms with Gasteiger partial charge in [0.15, 0.2) is 6.61 Å². The molecule has 2 aromatic rings. The largest absolute Gasteiger partial charge is 0.483 e. The number of nitrogens with one attached hydrogen (secondary N) is 2. The third kappa shape index (κ3) is 6.07. The second-order valence-electron chi connectivity index (χ2n) is 8.78. The van der Waals surface area contributed by atoms with Gasteiger partial charge >= 0.3 is 0 Å². The van der Waals surface area contributed by atoms with E-state index in [9.17, 15) is 15.0 Å². The summed E-state index contributed by atoms with van der Waals surface area (Å²) in [6.45, 7) is 3.73. The van der Waals surface area contributed by atoms with E-state index in [0.29, 0.717) is 25.3 Å². The summed E-state index contributed by atoms with van der Waals surface area (Å²) < 4.78 is 5.80. The number of rotatable bonds is 8. The molecule has 2 heterocycles. The van der Waals surface area contributed by atoms with Crippen LogP contribution >= 0.6 is 0 Å². The number of aliphatic hydroxyl groups is 2. The molecule has 7 heteroatoms. The number of nitrogens with zero attached hydrogens (tertiary/aromatic N) is 1. The first kappa shape index (κ1) is 22.7. The first-order chi connectivity index (χ1) is 15.6. The fraction of sp³-hybridized carbons (Fsp3) is 0.480. The van der Waals surface area contributed by atoms with E-state index in [0.717, 1.165) is 31.6 Å². The average Bonchev–Trinajstić information content (AvgIpc) is 2.81. The second kappa shape index (κ2) is 10.9. The van der Waals surface area contributed by atoms with Crippen LogP contribution in [0.15, 0.2) is 48.5 Å². The number of ether oxygens (including phenoxy) is 1. The number of fused-ring (bicyclic) bond motifs is 1. The summed E-state index contributed by atoms with van der Waals surface area (Å²) in [6, 6.07) is 16.1. The molecule has 0 aliphatic carbocycles. The van der Waals surface area contributed by atoms with Crippen LogP contribution in [0, 0.1) is 0 Å². The number of piperidine rings is 1. The fourth-order valence-corrected chi connectivity index (χ4v) is 4.60. The summed E-state index contributed by atoms with van der Waals surface area (Å²) in [4.78, 5) is 14.5. The molecule has 1 fully saturated rings. The Kier molecular flexibility index (Phi) is 7.76. The van der Waals surface area contributed by atoms with Crippen molar-refractivity contribution in [1.29, 1.82) is 0 Å². The molecule has 0 saturated carbocycles. The van der Waals surface area contributed by atoms with Gasteiger partial charge in [-0.25, -0.2) is 0 Å². The number of benzene rings is 2. The molecule has 2 unspecified atom stereocenters. The minimum atomic E-state index is -0.633. The third-order valence-electron chi connectivity index (χ3n) is 6.26. The van der Waals surface area contributed by atoms with Crippen LogP contribution in [-0.2, 0) is 17.8 Å². The maximum atomic E-state index is 12.3. The molecule has 1 amide bonds. The van der Waals surface area contributed by atoms with Crippen molar-refractivity contribution in [2.24, 2.45) is 0 Å². The van der Waals surface area contributed by atoms with E-state index in [1.165, 1.54) is 11.1 Å². The monoisotopic (exact) mass is 439 g/mol. The Morgan fingerprint density at radius 3 is 2.78 bits per heavy atom. The van der Waals surface area contributed by atoms with Gasteiger partial charge in [-0.1, -0.05) is 42.5 Å². The first-order valence-electron chi connectivity index (χ1n) is 11.4. The number of hydrogen-bond donors (Lipinski definition) is 4. The van der Waals surface area contributed by atoms with Crippen molar-refractivity contribution in [2.45, 2.75) is 37.5 Å². The molecule has 2 aliphatic rings. The highest BCUT2D eigenvalue weighted by atomic mass is 16.5. The molecule has 172 valence electrons. The van der Waals surface area contributed by atoms with Crippen LogP contribution < -0.4 is 15.4 Å². The van der Waals surface area contributed by atoms with Crippen molar-refractivity contribution < 1.29 is 19.7 Å². The average molecular weight is 440 g/mol. The molecule has 4 N–H and O–H groups in total. The number of aliphatic hydroxyl groups excluding tert-OH is 2. The SMILES string of the molecule is O=C(COc1ccccc1C1CNCC(O)C1)NC[C@@H](O)CN1CCc2ccccc2C1. The summed E-state index contributed by atoms with van der Waals surface area (Å²) in [5, 5.41) is 26.3. The van der Waals surface area contributed by atoms with Crippen LogP contribution in [-0.4, -0.2) is 72.6 Å². The standard InChI is InChI=1S/C25H33N3O4/c29-21-11-20(12-26-13-21)23-7-3-4-8-24(23)32-17-25(31)27-14-22(30)16-28-10-9-18-5-1-2-6-19(18)15-28/h1-8,20-22,26,29-30H,9-17H2,(H,27,31)/t20?,21?,22-/m1/s1. The van der Waals surface area contributed by atoms with Crippen LogP contribution in [0.4, 0.5) is 0 Å². The zero-order valence-electron chi connectivity index (χ0n) is 18.4. The maximum absolute atomic E-state index is 12.3. The normalized spacial score (nSPS) is 22.1. The van der Waals surface area contributed by atoms with Crippen LogP contribution in [0.2, 0.25) is 0 Å². The van der Waals surface area contributed by atoms with Crippen molar-refractivity contribution in [3.8, 4) is 5.75 Å². The highest BCUT2D eigenvalue weighted by molar-refractivity contribution is 5.77. The number of carbonyl (C=O) groups excluding carboxylic acids is 1. The lowest BCUT2D eigenvalue weighted by Crippen LogP contribution is -2.43. The highest BCUT2D eigenvalue weighted by Crippen LogP contribution is 2.31. The highest BCUT2D eigenvalue weighted by Gasteiger charge is 2.24. The summed E-state index contributed by atoms with van der Waals surface area (Å²) in [5.74, 6) is 0.551. The van der Waals surface area contributed by atoms with Gasteiger partial charge in [-0.2, -0.15) is 0 Å². The molecule has 2 aliphatic heterocycles. The van der Waals surface area contributed by atoms with E-state index < -0.39 is 6.10 Å². The van der Waals surface area contributed by atoms with Gasteiger partial charge in [0.1, 0.15) is 5.75 Å². The van der Waals surface area contributed by atoms with Gasteiger partial charge in [0.2, 0.25) is 0 Å². The van der Waals surface area contributed by atoms with E-state index in [-0.39, 0.29) is 31.1 Å². The van der Waals surface area contributed by atoms with Crippen LogP contribution in [0.3, 0.4) is 0 Å². The molecular formula is C25H33N3O4. The fourth-order valence-electron chi connectivity index (χ4n) is 4.60. The van der Waals surface area contributed by atoms with Crippen molar-refractivity contribution in [3.63, 3.8) is 0 Å². The molecule has 2 aromatic carbocycles. The van der Waals surface area contributed by atoms with Gasteiger partial charge in [0.05, 0.1) is 12.2 Å². The molecule has 0 bridgehead atoms. The second-order valence-corrected chi connectivity index (χ2v) is 8.78. The zero-order valence-corrected chi connectivity index (χ0v) is 18.4. The number of amides is 1. The van der Waals surface area contributed by atoms with Crippen LogP contribution in [0.1, 0.15) is 29.0 Å². The number of β-amino-alcohol motifs (C(OH)–C–C–N with tert-alkyl or cyclic N) is 2. The van der Waals surface area contributed by atoms with Crippen LogP contribution in [0.5, 0.6) is 5.75 Å². The summed E-state index contributed by atoms with van der Waals surface area (Å²) in [6.07, 6.45) is 0.647. The maximum Gasteiger partial charge on any atom is 0.258 e. The molecule has 4 rings (SSSR count). The van der Waals surface area contributed by atoms with Gasteiger partial charge in [-0.15, -0.1) is 0 Å². The predicted octanol–water partition coefficient (Wildman–Crippen LogP) is 1.04. The van der Waals surface area contributed by atoms with E-state index >= 15 is 0 Å². The van der Waals surface area contributed by atoms with Crippen molar-refractivity contribution in [1.82, 2.24) is 15.5 Å². The number of para-hydroxylation sites is 1. The van der Waals surface area contributed by atoms with Gasteiger partial charge in [0, 0.05) is 45.2 Å². The molecule has 0 radical (unpaired) electrons. The minimum absolute atomic E-state index is 0.108. The topological polar surface area (TPSA) is 94.1 Å². The van der Waals surface area contributed by atoms with Crippen molar-refractivity contribution in [3.05, 3.63) is 65.2 Å². The minimum Gasteiger partial charge on any atom is -0.483 e.